The molecule has 3 amide bonds. The number of urea groups is 1. The van der Waals surface area contributed by atoms with Crippen LogP contribution in [0.3, 0.4) is 0 Å². The van der Waals surface area contributed by atoms with Gasteiger partial charge in [-0.05, 0) is 19.8 Å². The second-order valence-electron chi connectivity index (χ2n) is 6.19. The van der Waals surface area contributed by atoms with Crippen LogP contribution in [0.4, 0.5) is 4.79 Å². The lowest BCUT2D eigenvalue weighted by Gasteiger charge is -2.31. The maximum absolute atomic E-state index is 12.2. The fourth-order valence-corrected chi connectivity index (χ4v) is 3.10. The Morgan fingerprint density at radius 2 is 2.27 bits per heavy atom. The molecule has 0 aromatic carbocycles. The summed E-state index contributed by atoms with van der Waals surface area (Å²) < 4.78 is 5.32. The van der Waals surface area contributed by atoms with Crippen molar-refractivity contribution in [2.24, 2.45) is 5.92 Å². The topological polar surface area (TPSA) is 87.5 Å². The SMILES string of the molecule is Cc1cc(C2CCN(C(=O)NCC3CNC(=O)C3)CC2)on1. The van der Waals surface area contributed by atoms with Crippen LogP contribution < -0.4 is 10.6 Å². The fourth-order valence-electron chi connectivity index (χ4n) is 3.10. The Bertz CT molecular complexity index is 549. The van der Waals surface area contributed by atoms with E-state index in [0.717, 1.165) is 37.4 Å². The Hall–Kier alpha value is -2.05. The molecule has 22 heavy (non-hydrogen) atoms. The van der Waals surface area contributed by atoms with E-state index in [0.29, 0.717) is 25.4 Å². The van der Waals surface area contributed by atoms with E-state index in [1.165, 1.54) is 0 Å². The van der Waals surface area contributed by atoms with E-state index in [9.17, 15) is 9.59 Å². The summed E-state index contributed by atoms with van der Waals surface area (Å²) in [5, 5.41) is 9.64. The highest BCUT2D eigenvalue weighted by molar-refractivity contribution is 5.78. The number of hydrogen-bond donors (Lipinski definition) is 2. The molecular formula is C15H22N4O3. The van der Waals surface area contributed by atoms with Gasteiger partial charge in [0, 0.05) is 50.5 Å². The molecule has 2 fully saturated rings. The van der Waals surface area contributed by atoms with Crippen LogP contribution in [0.25, 0.3) is 0 Å². The molecule has 7 nitrogen and oxygen atoms in total. The number of aryl methyl sites for hydroxylation is 1. The van der Waals surface area contributed by atoms with Gasteiger partial charge in [0.25, 0.3) is 0 Å². The van der Waals surface area contributed by atoms with Gasteiger partial charge < -0.3 is 20.1 Å². The van der Waals surface area contributed by atoms with E-state index in [1.807, 2.05) is 17.9 Å². The van der Waals surface area contributed by atoms with Crippen LogP contribution in [0.2, 0.25) is 0 Å². The Morgan fingerprint density at radius 1 is 1.50 bits per heavy atom. The number of likely N-dealkylation sites (tertiary alicyclic amines) is 1. The molecule has 2 N–H and O–H groups in total. The molecule has 2 aliphatic rings. The van der Waals surface area contributed by atoms with Gasteiger partial charge in [0.15, 0.2) is 0 Å². The zero-order chi connectivity index (χ0) is 15.5. The number of carbonyl (C=O) groups is 2. The molecule has 2 saturated heterocycles. The zero-order valence-electron chi connectivity index (χ0n) is 12.8. The summed E-state index contributed by atoms with van der Waals surface area (Å²) in [6.07, 6.45) is 2.30. The minimum Gasteiger partial charge on any atom is -0.361 e. The average molecular weight is 306 g/mol. The summed E-state index contributed by atoms with van der Waals surface area (Å²) in [4.78, 5) is 25.1. The standard InChI is InChI=1S/C15H22N4O3/c1-10-6-13(22-18-10)12-2-4-19(5-3-12)15(21)17-9-11-7-14(20)16-8-11/h6,11-12H,2-5,7-9H2,1H3,(H,16,20)(H,17,21). The molecule has 0 saturated carbocycles. The normalized spacial score (nSPS) is 22.7. The third kappa shape index (κ3) is 3.40. The molecule has 3 rings (SSSR count). The summed E-state index contributed by atoms with van der Waals surface area (Å²) >= 11 is 0. The van der Waals surface area contributed by atoms with Gasteiger partial charge in [-0.3, -0.25) is 4.79 Å². The number of nitrogens with zero attached hydrogens (tertiary/aromatic N) is 2. The Kier molecular flexibility index (Phi) is 4.31. The Labute approximate surface area is 129 Å². The molecule has 0 radical (unpaired) electrons. The fraction of sp³-hybridized carbons (Fsp3) is 0.667. The highest BCUT2D eigenvalue weighted by Crippen LogP contribution is 2.28. The predicted molar refractivity (Wildman–Crippen MR) is 79.3 cm³/mol. The summed E-state index contributed by atoms with van der Waals surface area (Å²) in [7, 11) is 0. The van der Waals surface area contributed by atoms with Crippen LogP contribution in [-0.2, 0) is 4.79 Å². The number of nitrogens with one attached hydrogen (secondary N) is 2. The molecule has 1 unspecified atom stereocenters. The van der Waals surface area contributed by atoms with Crippen molar-refractivity contribution in [3.8, 4) is 0 Å². The maximum atomic E-state index is 12.2. The van der Waals surface area contributed by atoms with Crippen molar-refractivity contribution < 1.29 is 14.1 Å². The zero-order valence-corrected chi connectivity index (χ0v) is 12.8. The third-order valence-electron chi connectivity index (χ3n) is 4.43. The van der Waals surface area contributed by atoms with E-state index in [4.69, 9.17) is 4.52 Å². The van der Waals surface area contributed by atoms with Crippen molar-refractivity contribution in [1.29, 1.82) is 0 Å². The van der Waals surface area contributed by atoms with Crippen molar-refractivity contribution in [3.05, 3.63) is 17.5 Å². The molecular weight excluding hydrogens is 284 g/mol. The van der Waals surface area contributed by atoms with Gasteiger partial charge in [-0.2, -0.15) is 0 Å². The van der Waals surface area contributed by atoms with Crippen molar-refractivity contribution in [2.45, 2.75) is 32.1 Å². The number of carbonyl (C=O) groups excluding carboxylic acids is 2. The lowest BCUT2D eigenvalue weighted by atomic mass is 9.94. The third-order valence-corrected chi connectivity index (χ3v) is 4.43. The number of amides is 3. The number of hydrogen-bond acceptors (Lipinski definition) is 4. The van der Waals surface area contributed by atoms with E-state index in [1.54, 1.807) is 0 Å². The Balaban J connectivity index is 1.42. The molecule has 120 valence electrons. The number of piperidine rings is 1. The van der Waals surface area contributed by atoms with Crippen LogP contribution in [-0.4, -0.2) is 48.2 Å². The summed E-state index contributed by atoms with van der Waals surface area (Å²) in [5.41, 5.74) is 0.898. The van der Waals surface area contributed by atoms with E-state index in [-0.39, 0.29) is 17.9 Å². The van der Waals surface area contributed by atoms with Crippen molar-refractivity contribution >= 4 is 11.9 Å². The van der Waals surface area contributed by atoms with Gasteiger partial charge in [0.1, 0.15) is 5.76 Å². The van der Waals surface area contributed by atoms with Crippen LogP contribution in [0.15, 0.2) is 10.6 Å². The monoisotopic (exact) mass is 306 g/mol. The molecule has 0 aliphatic carbocycles. The van der Waals surface area contributed by atoms with Crippen molar-refractivity contribution in [1.82, 2.24) is 20.7 Å². The predicted octanol–water partition coefficient (Wildman–Crippen LogP) is 1.01. The van der Waals surface area contributed by atoms with Crippen LogP contribution >= 0.6 is 0 Å². The largest absolute Gasteiger partial charge is 0.361 e. The quantitative estimate of drug-likeness (QED) is 0.872. The average Bonchev–Trinajstić information content (AvgIpc) is 3.13. The molecule has 7 heteroatoms. The molecule has 0 spiro atoms. The first-order valence-electron chi connectivity index (χ1n) is 7.84. The molecule has 2 aliphatic heterocycles. The van der Waals surface area contributed by atoms with Gasteiger partial charge >= 0.3 is 6.03 Å². The second-order valence-corrected chi connectivity index (χ2v) is 6.19. The van der Waals surface area contributed by atoms with Gasteiger partial charge in [0.2, 0.25) is 5.91 Å². The molecule has 0 bridgehead atoms. The number of rotatable bonds is 3. The Morgan fingerprint density at radius 3 is 2.86 bits per heavy atom. The van der Waals surface area contributed by atoms with E-state index < -0.39 is 0 Å². The first kappa shape index (κ1) is 14.9. The van der Waals surface area contributed by atoms with E-state index >= 15 is 0 Å². The van der Waals surface area contributed by atoms with Crippen LogP contribution in [0.5, 0.6) is 0 Å². The highest BCUT2D eigenvalue weighted by atomic mass is 16.5. The first-order chi connectivity index (χ1) is 10.6. The van der Waals surface area contributed by atoms with Crippen LogP contribution in [0.1, 0.15) is 36.6 Å². The van der Waals surface area contributed by atoms with Crippen molar-refractivity contribution in [2.75, 3.05) is 26.2 Å². The lowest BCUT2D eigenvalue weighted by Crippen LogP contribution is -2.45. The van der Waals surface area contributed by atoms with Crippen LogP contribution in [0, 0.1) is 12.8 Å². The molecule has 1 atom stereocenters. The van der Waals surface area contributed by atoms with Crippen molar-refractivity contribution in [3.63, 3.8) is 0 Å². The highest BCUT2D eigenvalue weighted by Gasteiger charge is 2.27. The molecule has 3 heterocycles. The van der Waals surface area contributed by atoms with Gasteiger partial charge in [-0.25, -0.2) is 4.79 Å². The minimum atomic E-state index is -0.0356. The van der Waals surface area contributed by atoms with E-state index in [2.05, 4.69) is 15.8 Å². The minimum absolute atomic E-state index is 0.0356. The van der Waals surface area contributed by atoms with Gasteiger partial charge in [-0.15, -0.1) is 0 Å². The second kappa shape index (κ2) is 6.37. The van der Waals surface area contributed by atoms with Gasteiger partial charge in [-0.1, -0.05) is 5.16 Å². The smallest absolute Gasteiger partial charge is 0.317 e. The molecule has 1 aromatic heterocycles. The summed E-state index contributed by atoms with van der Waals surface area (Å²) in [5.74, 6) is 1.56. The van der Waals surface area contributed by atoms with Gasteiger partial charge in [0.05, 0.1) is 5.69 Å². The first-order valence-corrected chi connectivity index (χ1v) is 7.84. The summed E-state index contributed by atoms with van der Waals surface area (Å²) in [6.45, 7) is 4.57. The number of aromatic nitrogens is 1. The molecule has 1 aromatic rings. The summed E-state index contributed by atoms with van der Waals surface area (Å²) in [6, 6.07) is 1.94. The maximum Gasteiger partial charge on any atom is 0.317 e. The lowest BCUT2D eigenvalue weighted by molar-refractivity contribution is -0.119.